The van der Waals surface area contributed by atoms with Crippen molar-refractivity contribution in [2.24, 2.45) is 5.92 Å². The molecule has 1 aromatic heterocycles. The molecule has 10 rings (SSSR count). The molecule has 0 bridgehead atoms. The van der Waals surface area contributed by atoms with E-state index in [-0.39, 0.29) is 0 Å². The summed E-state index contributed by atoms with van der Waals surface area (Å²) >= 11 is 0. The van der Waals surface area contributed by atoms with Crippen molar-refractivity contribution in [2.75, 3.05) is 0 Å². The average Bonchev–Trinajstić information content (AvgIpc) is 3.49. The SMILES string of the molecule is C1=CC2=Cc3c(oc4ccc(-c5c6ccccc6c(-c6ccccc6)c6cc(-c7ccc8ccccc8c7)ccc56)cc34)CC2C=C1. The zero-order valence-corrected chi connectivity index (χ0v) is 25.8. The first-order valence-corrected chi connectivity index (χ1v) is 16.4. The van der Waals surface area contributed by atoms with Crippen molar-refractivity contribution >= 4 is 49.4 Å². The van der Waals surface area contributed by atoms with Crippen LogP contribution in [0.2, 0.25) is 0 Å². The van der Waals surface area contributed by atoms with Crippen molar-refractivity contribution in [1.82, 2.24) is 0 Å². The molecular weight excluding hydrogens is 569 g/mol. The normalized spacial score (nSPS) is 15.3. The van der Waals surface area contributed by atoms with Gasteiger partial charge < -0.3 is 4.42 Å². The lowest BCUT2D eigenvalue weighted by Gasteiger charge is -2.20. The van der Waals surface area contributed by atoms with E-state index in [4.69, 9.17) is 4.42 Å². The zero-order chi connectivity index (χ0) is 30.9. The lowest BCUT2D eigenvalue weighted by atomic mass is 9.83. The molecule has 2 aliphatic carbocycles. The fourth-order valence-electron chi connectivity index (χ4n) is 7.89. The van der Waals surface area contributed by atoms with E-state index in [0.29, 0.717) is 5.92 Å². The van der Waals surface area contributed by atoms with E-state index in [0.717, 1.165) is 17.8 Å². The Kier molecular flexibility index (Phi) is 5.77. The minimum Gasteiger partial charge on any atom is -0.460 e. The summed E-state index contributed by atoms with van der Waals surface area (Å²) < 4.78 is 6.47. The molecular formula is C46H30O. The van der Waals surface area contributed by atoms with Gasteiger partial charge in [-0.15, -0.1) is 0 Å². The minimum absolute atomic E-state index is 0.391. The van der Waals surface area contributed by atoms with Crippen molar-refractivity contribution in [2.45, 2.75) is 6.42 Å². The summed E-state index contributed by atoms with van der Waals surface area (Å²) in [6.45, 7) is 0. The van der Waals surface area contributed by atoms with Gasteiger partial charge in [0, 0.05) is 23.3 Å². The number of benzene rings is 7. The maximum atomic E-state index is 6.47. The van der Waals surface area contributed by atoms with Crippen molar-refractivity contribution in [3.63, 3.8) is 0 Å². The molecule has 1 heteroatoms. The van der Waals surface area contributed by atoms with Crippen LogP contribution in [0.4, 0.5) is 0 Å². The van der Waals surface area contributed by atoms with Crippen LogP contribution in [-0.2, 0) is 6.42 Å². The molecule has 47 heavy (non-hydrogen) atoms. The van der Waals surface area contributed by atoms with E-state index in [2.05, 4.69) is 164 Å². The monoisotopic (exact) mass is 598 g/mol. The molecule has 0 radical (unpaired) electrons. The van der Waals surface area contributed by atoms with Gasteiger partial charge in [-0.1, -0.05) is 133 Å². The number of rotatable bonds is 3. The first-order valence-electron chi connectivity index (χ1n) is 16.4. The van der Waals surface area contributed by atoms with Gasteiger partial charge in [0.2, 0.25) is 0 Å². The Labute approximate surface area is 273 Å². The van der Waals surface area contributed by atoms with E-state index in [1.54, 1.807) is 0 Å². The molecule has 0 fully saturated rings. The standard InChI is InChI=1S/C46H30O/c1-2-11-30(12-3-1)45-37-16-8-9-17-38(37)46(39-22-20-35(26-42(39)45)34-19-18-29-10-4-5-13-31(29)24-34)36-21-23-43-40(27-36)41-25-32-14-6-7-15-33(32)28-44(41)47-43/h1-27,33H,28H2. The summed E-state index contributed by atoms with van der Waals surface area (Å²) in [5.74, 6) is 1.47. The van der Waals surface area contributed by atoms with Crippen LogP contribution in [0.25, 0.3) is 82.7 Å². The quantitative estimate of drug-likeness (QED) is 0.184. The minimum atomic E-state index is 0.391. The third-order valence-electron chi connectivity index (χ3n) is 10.1. The summed E-state index contributed by atoms with van der Waals surface area (Å²) in [7, 11) is 0. The summed E-state index contributed by atoms with van der Waals surface area (Å²) in [5, 5.41) is 8.72. The molecule has 0 saturated heterocycles. The summed E-state index contributed by atoms with van der Waals surface area (Å²) in [4.78, 5) is 0. The predicted octanol–water partition coefficient (Wildman–Crippen LogP) is 12.6. The zero-order valence-electron chi connectivity index (χ0n) is 25.8. The Hall–Kier alpha value is -5.92. The highest BCUT2D eigenvalue weighted by atomic mass is 16.3. The predicted molar refractivity (Wildman–Crippen MR) is 198 cm³/mol. The van der Waals surface area contributed by atoms with Gasteiger partial charge in [0.05, 0.1) is 0 Å². The van der Waals surface area contributed by atoms with Gasteiger partial charge in [-0.3, -0.25) is 0 Å². The van der Waals surface area contributed by atoms with Gasteiger partial charge >= 0.3 is 0 Å². The van der Waals surface area contributed by atoms with Gasteiger partial charge in [-0.25, -0.2) is 0 Å². The maximum absolute atomic E-state index is 6.47. The third kappa shape index (κ3) is 4.17. The summed E-state index contributed by atoms with van der Waals surface area (Å²) in [5.41, 5.74) is 11.0. The molecule has 1 atom stereocenters. The molecule has 0 amide bonds. The van der Waals surface area contributed by atoms with Gasteiger partial charge in [0.1, 0.15) is 11.3 Å². The largest absolute Gasteiger partial charge is 0.460 e. The summed E-state index contributed by atoms with van der Waals surface area (Å²) in [6, 6.07) is 49.0. The van der Waals surface area contributed by atoms with Crippen molar-refractivity contribution in [3.8, 4) is 33.4 Å². The lowest BCUT2D eigenvalue weighted by Crippen LogP contribution is -2.09. The van der Waals surface area contributed by atoms with E-state index in [1.807, 2.05) is 0 Å². The van der Waals surface area contributed by atoms with Crippen LogP contribution in [0.3, 0.4) is 0 Å². The Bertz CT molecular complexity index is 2650. The number of furan rings is 1. The summed E-state index contributed by atoms with van der Waals surface area (Å²) in [6.07, 6.45) is 12.1. The molecule has 1 heterocycles. The van der Waals surface area contributed by atoms with Gasteiger partial charge in [-0.2, -0.15) is 0 Å². The third-order valence-corrected chi connectivity index (χ3v) is 10.1. The Morgan fingerprint density at radius 2 is 1.17 bits per heavy atom. The average molecular weight is 599 g/mol. The van der Waals surface area contributed by atoms with Crippen LogP contribution < -0.4 is 0 Å². The van der Waals surface area contributed by atoms with Gasteiger partial charge in [-0.05, 0) is 102 Å². The second-order valence-electron chi connectivity index (χ2n) is 12.8. The fraction of sp³-hybridized carbons (Fsp3) is 0.0435. The number of hydrogen-bond acceptors (Lipinski definition) is 1. The van der Waals surface area contributed by atoms with Crippen LogP contribution in [0.15, 0.2) is 168 Å². The molecule has 0 saturated carbocycles. The van der Waals surface area contributed by atoms with E-state index >= 15 is 0 Å². The molecule has 0 N–H and O–H groups in total. The fourth-order valence-corrected chi connectivity index (χ4v) is 7.89. The highest BCUT2D eigenvalue weighted by Gasteiger charge is 2.25. The number of hydrogen-bond donors (Lipinski definition) is 0. The van der Waals surface area contributed by atoms with Crippen LogP contribution in [0.5, 0.6) is 0 Å². The van der Waals surface area contributed by atoms with Crippen LogP contribution in [0.1, 0.15) is 11.3 Å². The van der Waals surface area contributed by atoms with Gasteiger partial charge in [0.15, 0.2) is 0 Å². The molecule has 1 unspecified atom stereocenters. The smallest absolute Gasteiger partial charge is 0.134 e. The molecule has 2 aliphatic rings. The topological polar surface area (TPSA) is 13.1 Å². The number of allylic oxidation sites excluding steroid dienone is 5. The van der Waals surface area contributed by atoms with Crippen LogP contribution in [0, 0.1) is 5.92 Å². The molecule has 0 spiro atoms. The molecule has 0 aliphatic heterocycles. The highest BCUT2D eigenvalue weighted by Crippen LogP contribution is 2.46. The van der Waals surface area contributed by atoms with Crippen molar-refractivity contribution in [1.29, 1.82) is 0 Å². The van der Waals surface area contributed by atoms with Crippen molar-refractivity contribution in [3.05, 3.63) is 175 Å². The van der Waals surface area contributed by atoms with E-state index in [9.17, 15) is 0 Å². The second kappa shape index (κ2) is 10.3. The Morgan fingerprint density at radius 1 is 0.489 bits per heavy atom. The van der Waals surface area contributed by atoms with Crippen LogP contribution >= 0.6 is 0 Å². The van der Waals surface area contributed by atoms with Crippen molar-refractivity contribution < 1.29 is 4.42 Å². The molecule has 1 nitrogen and oxygen atoms in total. The Morgan fingerprint density at radius 3 is 2.04 bits per heavy atom. The first-order chi connectivity index (χ1) is 23.3. The lowest BCUT2D eigenvalue weighted by molar-refractivity contribution is 0.521. The van der Waals surface area contributed by atoms with E-state index in [1.165, 1.54) is 82.2 Å². The molecule has 220 valence electrons. The van der Waals surface area contributed by atoms with Gasteiger partial charge in [0.25, 0.3) is 0 Å². The molecule has 8 aromatic rings. The number of fused-ring (bicyclic) bond motifs is 7. The van der Waals surface area contributed by atoms with E-state index < -0.39 is 0 Å². The van der Waals surface area contributed by atoms with Crippen LogP contribution in [-0.4, -0.2) is 0 Å². The highest BCUT2D eigenvalue weighted by molar-refractivity contribution is 6.22. The Balaban J connectivity index is 1.25. The second-order valence-corrected chi connectivity index (χ2v) is 12.8. The maximum Gasteiger partial charge on any atom is 0.134 e. The molecule has 7 aromatic carbocycles. The first kappa shape index (κ1) is 26.3.